The lowest BCUT2D eigenvalue weighted by atomic mass is 9.52. The van der Waals surface area contributed by atoms with Gasteiger partial charge in [-0.25, -0.2) is 0 Å². The first-order valence-electron chi connectivity index (χ1n) is 8.92. The van der Waals surface area contributed by atoms with Crippen LogP contribution in [0.1, 0.15) is 36.1 Å². The van der Waals surface area contributed by atoms with Crippen LogP contribution in [-0.4, -0.2) is 31.2 Å². The smallest absolute Gasteiger partial charge is 0.0642 e. The summed E-state index contributed by atoms with van der Waals surface area (Å²) in [6, 6.07) is 18.0. The van der Waals surface area contributed by atoms with Crippen LogP contribution in [0.4, 0.5) is 0 Å². The number of ether oxygens (including phenoxy) is 1. The summed E-state index contributed by atoms with van der Waals surface area (Å²) >= 11 is 0. The number of nitrogens with zero attached hydrogens (tertiary/aromatic N) is 1. The van der Waals surface area contributed by atoms with Gasteiger partial charge in [0.2, 0.25) is 0 Å². The average molecular weight is 317 g/mol. The van der Waals surface area contributed by atoms with Crippen LogP contribution >= 0.6 is 0 Å². The molecule has 0 aromatic heterocycles. The molecule has 2 aromatic rings. The van der Waals surface area contributed by atoms with Crippen LogP contribution in [-0.2, 0) is 15.6 Å². The number of hydrogen-bond acceptors (Lipinski definition) is 2. The first kappa shape index (κ1) is 14.3. The van der Waals surface area contributed by atoms with Crippen molar-refractivity contribution in [2.24, 2.45) is 0 Å². The fourth-order valence-corrected chi connectivity index (χ4v) is 5.10. The minimum atomic E-state index is -0.0672. The average Bonchev–Trinajstić information content (AvgIpc) is 2.65. The van der Waals surface area contributed by atoms with Crippen molar-refractivity contribution < 1.29 is 4.74 Å². The van der Waals surface area contributed by atoms with Crippen molar-refractivity contribution in [3.8, 4) is 0 Å². The first-order valence-corrected chi connectivity index (χ1v) is 8.92. The number of benzene rings is 2. The van der Waals surface area contributed by atoms with Gasteiger partial charge in [0, 0.05) is 24.2 Å². The van der Waals surface area contributed by atoms with Gasteiger partial charge in [-0.05, 0) is 42.2 Å². The highest BCUT2D eigenvalue weighted by Crippen LogP contribution is 2.58. The predicted molar refractivity (Wildman–Crippen MR) is 96.3 cm³/mol. The molecule has 0 spiro atoms. The van der Waals surface area contributed by atoms with Crippen molar-refractivity contribution in [2.75, 3.05) is 26.3 Å². The van der Waals surface area contributed by atoms with Crippen molar-refractivity contribution >= 4 is 0 Å². The van der Waals surface area contributed by atoms with E-state index in [1.54, 1.807) is 0 Å². The zero-order valence-corrected chi connectivity index (χ0v) is 14.4. The predicted octanol–water partition coefficient (Wildman–Crippen LogP) is 3.84. The Labute approximate surface area is 143 Å². The van der Waals surface area contributed by atoms with E-state index in [9.17, 15) is 0 Å². The van der Waals surface area contributed by atoms with Crippen LogP contribution < -0.4 is 0 Å². The molecule has 0 saturated carbocycles. The van der Waals surface area contributed by atoms with Gasteiger partial charge in [0.1, 0.15) is 0 Å². The van der Waals surface area contributed by atoms with Gasteiger partial charge in [-0.3, -0.25) is 0 Å². The third kappa shape index (κ3) is 1.60. The molecule has 0 atom stereocenters. The molecule has 0 N–H and O–H groups in total. The summed E-state index contributed by atoms with van der Waals surface area (Å²) in [5.41, 5.74) is 7.21. The fourth-order valence-electron chi connectivity index (χ4n) is 5.10. The topological polar surface area (TPSA) is 12.5 Å². The molecule has 1 heterocycles. The van der Waals surface area contributed by atoms with E-state index in [4.69, 9.17) is 4.74 Å². The van der Waals surface area contributed by atoms with Crippen LogP contribution in [0.3, 0.4) is 0 Å². The molecule has 2 bridgehead atoms. The van der Waals surface area contributed by atoms with Crippen molar-refractivity contribution in [3.63, 3.8) is 0 Å². The third-order valence-electron chi connectivity index (χ3n) is 6.34. The lowest BCUT2D eigenvalue weighted by molar-refractivity contribution is 0.0471. The molecule has 2 heteroatoms. The van der Waals surface area contributed by atoms with Gasteiger partial charge in [0.25, 0.3) is 0 Å². The molecule has 4 aliphatic rings. The summed E-state index contributed by atoms with van der Waals surface area (Å²) in [6.07, 6.45) is 2.53. The molecule has 2 aromatic carbocycles. The Morgan fingerprint density at radius 1 is 0.792 bits per heavy atom. The third-order valence-corrected chi connectivity index (χ3v) is 6.34. The van der Waals surface area contributed by atoms with Gasteiger partial charge >= 0.3 is 0 Å². The highest BCUT2D eigenvalue weighted by Gasteiger charge is 2.53. The largest absolute Gasteiger partial charge is 0.378 e. The van der Waals surface area contributed by atoms with E-state index in [0.29, 0.717) is 0 Å². The first-order chi connectivity index (χ1) is 11.7. The molecule has 2 nitrogen and oxygen atoms in total. The monoisotopic (exact) mass is 317 g/mol. The summed E-state index contributed by atoms with van der Waals surface area (Å²) in [7, 11) is 0. The molecular weight excluding hydrogens is 294 g/mol. The minimum absolute atomic E-state index is 0.0431. The normalized spacial score (nSPS) is 30.6. The molecule has 1 fully saturated rings. The van der Waals surface area contributed by atoms with Crippen LogP contribution in [0.2, 0.25) is 0 Å². The number of allylic oxidation sites excluding steroid dienone is 2. The summed E-state index contributed by atoms with van der Waals surface area (Å²) in [5, 5.41) is 0. The number of hydrogen-bond donors (Lipinski definition) is 0. The van der Waals surface area contributed by atoms with Gasteiger partial charge in [0.05, 0.1) is 18.6 Å². The zero-order chi connectivity index (χ0) is 16.4. The van der Waals surface area contributed by atoms with E-state index < -0.39 is 0 Å². The van der Waals surface area contributed by atoms with Crippen LogP contribution in [0.25, 0.3) is 0 Å². The Hall–Kier alpha value is -2.06. The van der Waals surface area contributed by atoms with E-state index in [-0.39, 0.29) is 10.8 Å². The van der Waals surface area contributed by atoms with Crippen LogP contribution in [0.15, 0.2) is 60.3 Å². The number of rotatable bonds is 1. The summed E-state index contributed by atoms with van der Waals surface area (Å²) in [4.78, 5) is 2.55. The second-order valence-corrected chi connectivity index (χ2v) is 7.55. The summed E-state index contributed by atoms with van der Waals surface area (Å²) in [5.74, 6) is 0. The Kier molecular flexibility index (Phi) is 2.82. The Morgan fingerprint density at radius 2 is 1.29 bits per heavy atom. The SMILES string of the molecule is CC12C=C(N3CCOCC3)C(C)(c3ccccc31)c1ccccc12. The Bertz CT molecular complexity index is 797. The second-order valence-electron chi connectivity index (χ2n) is 7.55. The van der Waals surface area contributed by atoms with Crippen molar-refractivity contribution in [1.29, 1.82) is 0 Å². The van der Waals surface area contributed by atoms with E-state index in [0.717, 1.165) is 26.3 Å². The van der Waals surface area contributed by atoms with Crippen molar-refractivity contribution in [2.45, 2.75) is 24.7 Å². The molecule has 122 valence electrons. The molecule has 24 heavy (non-hydrogen) atoms. The fraction of sp³-hybridized carbons (Fsp3) is 0.364. The second kappa shape index (κ2) is 4.73. The lowest BCUT2D eigenvalue weighted by Crippen LogP contribution is -2.51. The highest BCUT2D eigenvalue weighted by atomic mass is 16.5. The van der Waals surface area contributed by atoms with E-state index in [2.05, 4.69) is 73.4 Å². The molecule has 0 amide bonds. The van der Waals surface area contributed by atoms with Gasteiger partial charge < -0.3 is 9.64 Å². The maximum Gasteiger partial charge on any atom is 0.0642 e. The van der Waals surface area contributed by atoms with E-state index in [1.165, 1.54) is 28.0 Å². The highest BCUT2D eigenvalue weighted by molar-refractivity contribution is 5.69. The van der Waals surface area contributed by atoms with E-state index in [1.807, 2.05) is 0 Å². The van der Waals surface area contributed by atoms with Gasteiger partial charge in [0.15, 0.2) is 0 Å². The van der Waals surface area contributed by atoms with Crippen molar-refractivity contribution in [3.05, 3.63) is 82.6 Å². The maximum atomic E-state index is 5.60. The van der Waals surface area contributed by atoms with Crippen molar-refractivity contribution in [1.82, 2.24) is 4.90 Å². The number of morpholine rings is 1. The Balaban J connectivity index is 1.81. The molecule has 6 rings (SSSR count). The van der Waals surface area contributed by atoms with Gasteiger partial charge in [-0.1, -0.05) is 48.5 Å². The maximum absolute atomic E-state index is 5.60. The molecule has 1 aliphatic heterocycles. The molecule has 3 aliphatic carbocycles. The molecule has 1 saturated heterocycles. The van der Waals surface area contributed by atoms with Crippen LogP contribution in [0, 0.1) is 0 Å². The minimum Gasteiger partial charge on any atom is -0.378 e. The lowest BCUT2D eigenvalue weighted by Gasteiger charge is -2.55. The van der Waals surface area contributed by atoms with E-state index >= 15 is 0 Å². The molecule has 0 unspecified atom stereocenters. The van der Waals surface area contributed by atoms with Crippen LogP contribution in [0.5, 0.6) is 0 Å². The zero-order valence-electron chi connectivity index (χ0n) is 14.4. The van der Waals surface area contributed by atoms with Gasteiger partial charge in [-0.15, -0.1) is 0 Å². The molecular formula is C22H23NO. The summed E-state index contributed by atoms with van der Waals surface area (Å²) in [6.45, 7) is 8.42. The quantitative estimate of drug-likeness (QED) is 0.792. The Morgan fingerprint density at radius 3 is 1.83 bits per heavy atom. The summed E-state index contributed by atoms with van der Waals surface area (Å²) < 4.78 is 5.60. The van der Waals surface area contributed by atoms with Gasteiger partial charge in [-0.2, -0.15) is 0 Å². The molecule has 0 radical (unpaired) electrons. The standard InChI is InChI=1S/C22H23NO/c1-21-15-20(23-11-13-24-14-12-23)22(2,18-9-5-3-7-16(18)21)19-10-6-4-8-17(19)21/h3-10,15H,11-14H2,1-2H3.